The van der Waals surface area contributed by atoms with E-state index in [4.69, 9.17) is 4.99 Å². The van der Waals surface area contributed by atoms with Crippen LogP contribution < -0.4 is 0 Å². The molecule has 0 amide bonds. The SMILES string of the molecule is CCC(CC(=NC1=C(C)C=CCC1C)c1ccccc1)c1ccccc1. The lowest BCUT2D eigenvalue weighted by atomic mass is 9.88. The van der Waals surface area contributed by atoms with Gasteiger partial charge in [0.1, 0.15) is 0 Å². The summed E-state index contributed by atoms with van der Waals surface area (Å²) in [5.41, 5.74) is 6.39. The molecule has 2 aromatic rings. The molecule has 0 aliphatic heterocycles. The Morgan fingerprint density at radius 1 is 1.04 bits per heavy atom. The molecule has 0 saturated heterocycles. The van der Waals surface area contributed by atoms with E-state index >= 15 is 0 Å². The molecule has 134 valence electrons. The van der Waals surface area contributed by atoms with Crippen LogP contribution in [0, 0.1) is 5.92 Å². The van der Waals surface area contributed by atoms with Crippen molar-refractivity contribution in [2.24, 2.45) is 10.9 Å². The van der Waals surface area contributed by atoms with Gasteiger partial charge in [-0.25, -0.2) is 0 Å². The number of nitrogens with zero attached hydrogens (tertiary/aromatic N) is 1. The summed E-state index contributed by atoms with van der Waals surface area (Å²) in [7, 11) is 0. The Kier molecular flexibility index (Phi) is 6.22. The van der Waals surface area contributed by atoms with Crippen LogP contribution in [-0.2, 0) is 0 Å². The van der Waals surface area contributed by atoms with Gasteiger partial charge in [-0.3, -0.25) is 4.99 Å². The normalized spacial score (nSPS) is 18.9. The maximum absolute atomic E-state index is 5.23. The van der Waals surface area contributed by atoms with Crippen molar-refractivity contribution < 1.29 is 0 Å². The summed E-state index contributed by atoms with van der Waals surface area (Å²) in [5, 5.41) is 0. The molecule has 0 N–H and O–H groups in total. The van der Waals surface area contributed by atoms with Gasteiger partial charge in [0.2, 0.25) is 0 Å². The third kappa shape index (κ3) is 4.40. The zero-order valence-corrected chi connectivity index (χ0v) is 16.2. The van der Waals surface area contributed by atoms with Crippen LogP contribution in [0.1, 0.15) is 57.1 Å². The van der Waals surface area contributed by atoms with Crippen molar-refractivity contribution in [3.05, 3.63) is 95.2 Å². The lowest BCUT2D eigenvalue weighted by molar-refractivity contribution is 0.661. The first kappa shape index (κ1) is 18.4. The summed E-state index contributed by atoms with van der Waals surface area (Å²) in [4.78, 5) is 5.23. The van der Waals surface area contributed by atoms with E-state index in [0.29, 0.717) is 11.8 Å². The van der Waals surface area contributed by atoms with Gasteiger partial charge < -0.3 is 0 Å². The van der Waals surface area contributed by atoms with Crippen molar-refractivity contribution in [3.63, 3.8) is 0 Å². The smallest absolute Gasteiger partial charge is 0.0485 e. The monoisotopic (exact) mass is 343 g/mol. The molecular weight excluding hydrogens is 314 g/mol. The highest BCUT2D eigenvalue weighted by atomic mass is 14.8. The highest BCUT2D eigenvalue weighted by Gasteiger charge is 2.18. The summed E-state index contributed by atoms with van der Waals surface area (Å²) >= 11 is 0. The van der Waals surface area contributed by atoms with E-state index in [1.54, 1.807) is 0 Å². The third-order valence-electron chi connectivity index (χ3n) is 5.29. The van der Waals surface area contributed by atoms with Gasteiger partial charge in [0.15, 0.2) is 0 Å². The number of hydrogen-bond acceptors (Lipinski definition) is 1. The highest BCUT2D eigenvalue weighted by molar-refractivity contribution is 6.01. The van der Waals surface area contributed by atoms with Crippen LogP contribution in [0.25, 0.3) is 0 Å². The van der Waals surface area contributed by atoms with Gasteiger partial charge >= 0.3 is 0 Å². The number of allylic oxidation sites excluding steroid dienone is 4. The zero-order chi connectivity index (χ0) is 18.4. The second-order valence-corrected chi connectivity index (χ2v) is 7.25. The third-order valence-corrected chi connectivity index (χ3v) is 5.29. The Hall–Kier alpha value is -2.41. The van der Waals surface area contributed by atoms with Crippen LogP contribution in [0.3, 0.4) is 0 Å². The summed E-state index contributed by atoms with van der Waals surface area (Å²) in [5.74, 6) is 0.973. The van der Waals surface area contributed by atoms with Crippen molar-refractivity contribution in [1.29, 1.82) is 0 Å². The fourth-order valence-electron chi connectivity index (χ4n) is 3.69. The highest BCUT2D eigenvalue weighted by Crippen LogP contribution is 2.30. The second-order valence-electron chi connectivity index (χ2n) is 7.25. The summed E-state index contributed by atoms with van der Waals surface area (Å²) in [6.07, 6.45) is 7.64. The molecule has 0 radical (unpaired) electrons. The van der Waals surface area contributed by atoms with E-state index in [1.165, 1.54) is 28.1 Å². The summed E-state index contributed by atoms with van der Waals surface area (Å²) in [6.45, 7) is 6.74. The minimum atomic E-state index is 0.482. The molecule has 1 aliphatic carbocycles. The van der Waals surface area contributed by atoms with Crippen molar-refractivity contribution in [3.8, 4) is 0 Å². The molecule has 0 heterocycles. The largest absolute Gasteiger partial charge is 0.257 e. The van der Waals surface area contributed by atoms with Gasteiger partial charge in [-0.1, -0.05) is 86.7 Å². The Bertz CT molecular complexity index is 797. The van der Waals surface area contributed by atoms with Crippen LogP contribution in [0.15, 0.2) is 89.1 Å². The minimum Gasteiger partial charge on any atom is -0.257 e. The van der Waals surface area contributed by atoms with Crippen molar-refractivity contribution in [1.82, 2.24) is 0 Å². The molecule has 2 atom stereocenters. The van der Waals surface area contributed by atoms with Crippen LogP contribution in [0.5, 0.6) is 0 Å². The van der Waals surface area contributed by atoms with E-state index in [0.717, 1.165) is 19.3 Å². The molecule has 0 spiro atoms. The molecule has 0 fully saturated rings. The van der Waals surface area contributed by atoms with Gasteiger partial charge in [0.25, 0.3) is 0 Å². The molecule has 1 aliphatic rings. The molecule has 1 heteroatoms. The first-order valence-electron chi connectivity index (χ1n) is 9.74. The predicted molar refractivity (Wildman–Crippen MR) is 113 cm³/mol. The molecule has 1 nitrogen and oxygen atoms in total. The standard InChI is InChI=1S/C25H29N/c1-4-21(22-14-7-5-8-15-22)18-24(23-16-9-6-10-17-23)26-25-19(2)12-11-13-20(25)3/h5-12,14-17,20-21H,4,13,18H2,1-3H3. The number of rotatable bonds is 6. The van der Waals surface area contributed by atoms with Gasteiger partial charge in [-0.15, -0.1) is 0 Å². The molecule has 3 rings (SSSR count). The molecule has 26 heavy (non-hydrogen) atoms. The van der Waals surface area contributed by atoms with E-state index in [-0.39, 0.29) is 0 Å². The van der Waals surface area contributed by atoms with Crippen molar-refractivity contribution in [2.75, 3.05) is 0 Å². The molecule has 0 aromatic heterocycles. The fraction of sp³-hybridized carbons (Fsp3) is 0.320. The Labute approximate surface area is 158 Å². The van der Waals surface area contributed by atoms with Gasteiger partial charge in [0.05, 0.1) is 0 Å². The molecule has 2 aromatic carbocycles. The lowest BCUT2D eigenvalue weighted by Gasteiger charge is -2.21. The van der Waals surface area contributed by atoms with E-state index in [2.05, 4.69) is 93.6 Å². The van der Waals surface area contributed by atoms with Crippen LogP contribution >= 0.6 is 0 Å². The van der Waals surface area contributed by atoms with Gasteiger partial charge in [-0.2, -0.15) is 0 Å². The van der Waals surface area contributed by atoms with Crippen LogP contribution in [0.4, 0.5) is 0 Å². The van der Waals surface area contributed by atoms with E-state index in [1.807, 2.05) is 0 Å². The molecule has 2 unspecified atom stereocenters. The predicted octanol–water partition coefficient (Wildman–Crippen LogP) is 6.93. The molecule has 0 saturated carbocycles. The Balaban J connectivity index is 1.99. The van der Waals surface area contributed by atoms with Gasteiger partial charge in [0, 0.05) is 17.3 Å². The number of aliphatic imine (C=N–C) groups is 1. The Morgan fingerprint density at radius 2 is 1.69 bits per heavy atom. The van der Waals surface area contributed by atoms with Gasteiger partial charge in [-0.05, 0) is 48.8 Å². The van der Waals surface area contributed by atoms with E-state index < -0.39 is 0 Å². The molecular formula is C25H29N. The topological polar surface area (TPSA) is 12.4 Å². The Morgan fingerprint density at radius 3 is 2.31 bits per heavy atom. The van der Waals surface area contributed by atoms with Crippen LogP contribution in [0.2, 0.25) is 0 Å². The second kappa shape index (κ2) is 8.80. The number of hydrogen-bond donors (Lipinski definition) is 0. The quantitative estimate of drug-likeness (QED) is 0.504. The maximum atomic E-state index is 5.23. The summed E-state index contributed by atoms with van der Waals surface area (Å²) in [6, 6.07) is 21.5. The van der Waals surface area contributed by atoms with Crippen molar-refractivity contribution in [2.45, 2.75) is 46.0 Å². The summed E-state index contributed by atoms with van der Waals surface area (Å²) < 4.78 is 0. The average Bonchev–Trinajstić information content (AvgIpc) is 2.68. The fourth-order valence-corrected chi connectivity index (χ4v) is 3.69. The van der Waals surface area contributed by atoms with Crippen LogP contribution in [-0.4, -0.2) is 5.71 Å². The lowest BCUT2D eigenvalue weighted by Crippen LogP contribution is -2.11. The maximum Gasteiger partial charge on any atom is 0.0485 e. The number of benzene rings is 2. The molecule has 0 bridgehead atoms. The average molecular weight is 344 g/mol. The first-order chi connectivity index (χ1) is 12.7. The van der Waals surface area contributed by atoms with E-state index in [9.17, 15) is 0 Å². The first-order valence-corrected chi connectivity index (χ1v) is 9.74. The zero-order valence-electron chi connectivity index (χ0n) is 16.2. The minimum absolute atomic E-state index is 0.482. The van der Waals surface area contributed by atoms with Crippen molar-refractivity contribution >= 4 is 5.71 Å².